The highest BCUT2D eigenvalue weighted by atomic mass is 32.1. The standard InChI is InChI=1S/C17H15F6NO3S/c1-9-5-12(27-16(20)21)13(28-9)14(25)24-11-4-2-3-10(6-11)7-26-8-17(22,23)15(18)19/h2-6,15-16H,7-8H2,1H3,(H,24,25). The predicted octanol–water partition coefficient (Wildman–Crippen LogP) is 5.33. The molecule has 0 spiro atoms. The van der Waals surface area contributed by atoms with Gasteiger partial charge < -0.3 is 14.8 Å². The fourth-order valence-electron chi connectivity index (χ4n) is 2.13. The van der Waals surface area contributed by atoms with Gasteiger partial charge in [0.1, 0.15) is 17.2 Å². The summed E-state index contributed by atoms with van der Waals surface area (Å²) in [5.41, 5.74) is 0.579. The van der Waals surface area contributed by atoms with E-state index in [0.29, 0.717) is 10.4 Å². The summed E-state index contributed by atoms with van der Waals surface area (Å²) in [4.78, 5) is 12.8. The lowest BCUT2D eigenvalue weighted by atomic mass is 10.2. The van der Waals surface area contributed by atoms with Gasteiger partial charge in [-0.05, 0) is 30.7 Å². The SMILES string of the molecule is Cc1cc(OC(F)F)c(C(=O)Nc2cccc(COCC(F)(F)C(F)F)c2)s1. The molecule has 0 unspecified atom stereocenters. The van der Waals surface area contributed by atoms with Crippen LogP contribution in [0.5, 0.6) is 5.75 Å². The molecule has 28 heavy (non-hydrogen) atoms. The van der Waals surface area contributed by atoms with E-state index in [1.54, 1.807) is 6.92 Å². The van der Waals surface area contributed by atoms with Crippen molar-refractivity contribution >= 4 is 22.9 Å². The Morgan fingerprint density at radius 2 is 1.93 bits per heavy atom. The van der Waals surface area contributed by atoms with E-state index in [4.69, 9.17) is 0 Å². The van der Waals surface area contributed by atoms with Crippen LogP contribution >= 0.6 is 11.3 Å². The number of hydrogen-bond acceptors (Lipinski definition) is 4. The number of rotatable bonds is 9. The molecule has 0 aliphatic rings. The summed E-state index contributed by atoms with van der Waals surface area (Å²) in [6, 6.07) is 7.13. The number of amides is 1. The van der Waals surface area contributed by atoms with Gasteiger partial charge in [-0.2, -0.15) is 17.6 Å². The fourth-order valence-corrected chi connectivity index (χ4v) is 2.97. The Morgan fingerprint density at radius 3 is 2.57 bits per heavy atom. The van der Waals surface area contributed by atoms with Crippen LogP contribution in [-0.4, -0.2) is 31.5 Å². The van der Waals surface area contributed by atoms with E-state index in [1.807, 2.05) is 0 Å². The van der Waals surface area contributed by atoms with Crippen molar-refractivity contribution < 1.29 is 40.6 Å². The Kier molecular flexibility index (Phi) is 7.30. The van der Waals surface area contributed by atoms with Crippen molar-refractivity contribution in [2.75, 3.05) is 11.9 Å². The highest BCUT2D eigenvalue weighted by Crippen LogP contribution is 2.31. The first-order valence-corrected chi connectivity index (χ1v) is 8.59. The molecule has 1 N–H and O–H groups in total. The molecule has 0 aliphatic carbocycles. The van der Waals surface area contributed by atoms with Crippen molar-refractivity contribution in [2.45, 2.75) is 32.5 Å². The number of ether oxygens (including phenoxy) is 2. The summed E-state index contributed by atoms with van der Waals surface area (Å²) in [5, 5.41) is 2.47. The maximum absolute atomic E-state index is 12.8. The molecule has 4 nitrogen and oxygen atoms in total. The summed E-state index contributed by atoms with van der Waals surface area (Å²) in [6.45, 7) is -3.31. The average Bonchev–Trinajstić information content (AvgIpc) is 2.94. The van der Waals surface area contributed by atoms with E-state index in [2.05, 4.69) is 14.8 Å². The molecule has 2 aromatic rings. The first-order valence-electron chi connectivity index (χ1n) is 7.77. The van der Waals surface area contributed by atoms with Crippen molar-refractivity contribution in [1.82, 2.24) is 0 Å². The number of carbonyl (C=O) groups excluding carboxylic acids is 1. The Hall–Kier alpha value is -2.27. The van der Waals surface area contributed by atoms with Gasteiger partial charge in [-0.15, -0.1) is 11.3 Å². The van der Waals surface area contributed by atoms with Gasteiger partial charge in [-0.1, -0.05) is 12.1 Å². The molecule has 0 saturated heterocycles. The van der Waals surface area contributed by atoms with E-state index < -0.39 is 31.5 Å². The number of aryl methyl sites for hydroxylation is 1. The van der Waals surface area contributed by atoms with Crippen LogP contribution in [0.4, 0.5) is 32.0 Å². The summed E-state index contributed by atoms with van der Waals surface area (Å²) in [5.74, 6) is -5.22. The molecule has 1 aromatic carbocycles. The molecular formula is C17H15F6NO3S. The lowest BCUT2D eigenvalue weighted by Crippen LogP contribution is -2.32. The molecule has 1 aromatic heterocycles. The summed E-state index contributed by atoms with van der Waals surface area (Å²) >= 11 is 0.958. The van der Waals surface area contributed by atoms with Crippen LogP contribution in [0.2, 0.25) is 0 Å². The molecule has 0 radical (unpaired) electrons. The zero-order chi connectivity index (χ0) is 20.9. The van der Waals surface area contributed by atoms with Gasteiger partial charge in [0.15, 0.2) is 0 Å². The third kappa shape index (κ3) is 6.13. The Labute approximate surface area is 160 Å². The molecule has 0 atom stereocenters. The maximum atomic E-state index is 12.8. The minimum absolute atomic E-state index is 0.0592. The van der Waals surface area contributed by atoms with E-state index in [0.717, 1.165) is 11.3 Å². The number of carbonyl (C=O) groups is 1. The van der Waals surface area contributed by atoms with E-state index in [9.17, 15) is 31.1 Å². The molecule has 154 valence electrons. The van der Waals surface area contributed by atoms with E-state index in [-0.39, 0.29) is 22.9 Å². The first kappa shape index (κ1) is 22.0. The minimum atomic E-state index is -4.26. The molecule has 1 amide bonds. The highest BCUT2D eigenvalue weighted by Gasteiger charge is 2.40. The topological polar surface area (TPSA) is 47.6 Å². The summed E-state index contributed by atoms with van der Waals surface area (Å²) in [6.07, 6.45) is -3.84. The molecule has 0 fully saturated rings. The average molecular weight is 427 g/mol. The maximum Gasteiger partial charge on any atom is 0.387 e. The summed E-state index contributed by atoms with van der Waals surface area (Å²) in [7, 11) is 0. The Balaban J connectivity index is 2.02. The number of thiophene rings is 1. The van der Waals surface area contributed by atoms with Crippen molar-refractivity contribution in [2.24, 2.45) is 0 Å². The van der Waals surface area contributed by atoms with Crippen molar-refractivity contribution in [1.29, 1.82) is 0 Å². The highest BCUT2D eigenvalue weighted by molar-refractivity contribution is 7.14. The normalized spacial score (nSPS) is 11.9. The first-order chi connectivity index (χ1) is 13.1. The fraction of sp³-hybridized carbons (Fsp3) is 0.353. The van der Waals surface area contributed by atoms with Crippen LogP contribution in [0.1, 0.15) is 20.1 Å². The minimum Gasteiger partial charge on any atom is -0.433 e. The zero-order valence-electron chi connectivity index (χ0n) is 14.4. The molecule has 0 aliphatic heterocycles. The van der Waals surface area contributed by atoms with Gasteiger partial charge in [-0.3, -0.25) is 4.79 Å². The number of benzene rings is 1. The third-order valence-corrected chi connectivity index (χ3v) is 4.34. The van der Waals surface area contributed by atoms with Crippen molar-refractivity contribution in [3.63, 3.8) is 0 Å². The largest absolute Gasteiger partial charge is 0.433 e. The lowest BCUT2D eigenvalue weighted by molar-refractivity contribution is -0.168. The molecule has 0 bridgehead atoms. The van der Waals surface area contributed by atoms with Gasteiger partial charge in [0.2, 0.25) is 0 Å². The number of alkyl halides is 6. The van der Waals surface area contributed by atoms with Gasteiger partial charge >= 0.3 is 19.0 Å². The Morgan fingerprint density at radius 1 is 1.21 bits per heavy atom. The number of halogens is 6. The number of anilines is 1. The van der Waals surface area contributed by atoms with Crippen LogP contribution in [0.15, 0.2) is 30.3 Å². The Bertz CT molecular complexity index is 812. The number of nitrogens with one attached hydrogen (secondary N) is 1. The van der Waals surface area contributed by atoms with Crippen LogP contribution in [0, 0.1) is 6.92 Å². The van der Waals surface area contributed by atoms with Gasteiger partial charge in [0, 0.05) is 10.6 Å². The zero-order valence-corrected chi connectivity index (χ0v) is 15.2. The predicted molar refractivity (Wildman–Crippen MR) is 90.7 cm³/mol. The van der Waals surface area contributed by atoms with Crippen LogP contribution in [0.3, 0.4) is 0 Å². The van der Waals surface area contributed by atoms with Crippen LogP contribution < -0.4 is 10.1 Å². The van der Waals surface area contributed by atoms with Crippen LogP contribution in [-0.2, 0) is 11.3 Å². The molecule has 1 heterocycles. The monoisotopic (exact) mass is 427 g/mol. The molecule has 0 saturated carbocycles. The van der Waals surface area contributed by atoms with Crippen molar-refractivity contribution in [3.05, 3.63) is 45.6 Å². The number of hydrogen-bond donors (Lipinski definition) is 1. The third-order valence-electron chi connectivity index (χ3n) is 3.31. The second kappa shape index (κ2) is 9.28. The quantitative estimate of drug-likeness (QED) is 0.551. The van der Waals surface area contributed by atoms with Gasteiger partial charge in [0.05, 0.1) is 6.61 Å². The van der Waals surface area contributed by atoms with Gasteiger partial charge in [-0.25, -0.2) is 8.78 Å². The lowest BCUT2D eigenvalue weighted by Gasteiger charge is -2.15. The molecular weight excluding hydrogens is 412 g/mol. The summed E-state index contributed by atoms with van der Waals surface area (Å²) < 4.78 is 83.6. The smallest absolute Gasteiger partial charge is 0.387 e. The van der Waals surface area contributed by atoms with Crippen LogP contribution in [0.25, 0.3) is 0 Å². The second-order valence-electron chi connectivity index (χ2n) is 5.64. The van der Waals surface area contributed by atoms with Crippen molar-refractivity contribution in [3.8, 4) is 5.75 Å². The second-order valence-corrected chi connectivity index (χ2v) is 6.89. The molecule has 2 rings (SSSR count). The van der Waals surface area contributed by atoms with Gasteiger partial charge in [0.25, 0.3) is 5.91 Å². The van der Waals surface area contributed by atoms with E-state index >= 15 is 0 Å². The molecule has 11 heteroatoms. The van der Waals surface area contributed by atoms with E-state index in [1.165, 1.54) is 30.3 Å².